The molecule has 0 amide bonds. The predicted molar refractivity (Wildman–Crippen MR) is 119 cm³/mol. The fourth-order valence-corrected chi connectivity index (χ4v) is 7.32. The molecule has 0 radical (unpaired) electrons. The summed E-state index contributed by atoms with van der Waals surface area (Å²) in [6.07, 6.45) is 6.61. The molecule has 0 spiro atoms. The fourth-order valence-electron chi connectivity index (χ4n) is 7.32. The molecule has 1 heterocycles. The predicted octanol–water partition coefficient (Wildman–Crippen LogP) is 5.62. The third kappa shape index (κ3) is 2.67. The van der Waals surface area contributed by atoms with Gasteiger partial charge in [0.2, 0.25) is 5.90 Å². The maximum absolute atomic E-state index is 6.68. The number of nitrogens with zero attached hydrogens (tertiary/aromatic N) is 1. The number of ether oxygens (including phenoxy) is 2. The lowest BCUT2D eigenvalue weighted by molar-refractivity contribution is -0.0278. The maximum Gasteiger partial charge on any atom is 0.216 e. The number of aliphatic imine (C=N–C) groups is 1. The molecule has 3 nitrogen and oxygen atoms in total. The van der Waals surface area contributed by atoms with Gasteiger partial charge in [-0.3, -0.25) is 4.99 Å². The molecule has 4 aliphatic rings. The van der Waals surface area contributed by atoms with Crippen LogP contribution < -0.4 is 4.74 Å². The number of methoxy groups -OCH3 is 1. The van der Waals surface area contributed by atoms with Crippen molar-refractivity contribution in [3.8, 4) is 5.75 Å². The summed E-state index contributed by atoms with van der Waals surface area (Å²) in [4.78, 5) is 4.87. The van der Waals surface area contributed by atoms with E-state index in [9.17, 15) is 0 Å². The van der Waals surface area contributed by atoms with E-state index in [1.807, 2.05) is 0 Å². The Bertz CT molecular complexity index is 984. The molecule has 2 fully saturated rings. The molecule has 6 atom stereocenters. The second kappa shape index (κ2) is 6.87. The van der Waals surface area contributed by atoms with Crippen LogP contribution in [0.3, 0.4) is 0 Å². The largest absolute Gasteiger partial charge is 0.497 e. The molecule has 0 unspecified atom stereocenters. The van der Waals surface area contributed by atoms with E-state index in [0.717, 1.165) is 35.6 Å². The summed E-state index contributed by atoms with van der Waals surface area (Å²) in [5.74, 6) is 4.65. The molecule has 156 valence electrons. The first kappa shape index (κ1) is 18.5. The van der Waals surface area contributed by atoms with Crippen LogP contribution in [0.1, 0.15) is 55.2 Å². The van der Waals surface area contributed by atoms with E-state index in [-0.39, 0.29) is 5.41 Å². The van der Waals surface area contributed by atoms with Crippen LogP contribution in [0.5, 0.6) is 5.75 Å². The molecule has 2 saturated carbocycles. The van der Waals surface area contributed by atoms with Crippen LogP contribution >= 0.6 is 0 Å². The van der Waals surface area contributed by atoms with Gasteiger partial charge in [-0.15, -0.1) is 0 Å². The lowest BCUT2D eigenvalue weighted by Crippen LogP contribution is -2.47. The molecular formula is C27H31NO2. The molecule has 3 aliphatic carbocycles. The molecule has 2 aromatic carbocycles. The van der Waals surface area contributed by atoms with Gasteiger partial charge in [0.05, 0.1) is 7.11 Å². The zero-order chi connectivity index (χ0) is 20.3. The van der Waals surface area contributed by atoms with Crippen LogP contribution in [0.25, 0.3) is 0 Å². The van der Waals surface area contributed by atoms with E-state index in [1.54, 1.807) is 12.7 Å². The number of fused-ring (bicyclic) bond motifs is 7. The summed E-state index contributed by atoms with van der Waals surface area (Å²) < 4.78 is 12.2. The lowest BCUT2D eigenvalue weighted by Gasteiger charge is -2.50. The van der Waals surface area contributed by atoms with Crippen molar-refractivity contribution in [3.63, 3.8) is 0 Å². The van der Waals surface area contributed by atoms with Gasteiger partial charge in [0.1, 0.15) is 11.9 Å². The Labute approximate surface area is 179 Å². The Kier molecular flexibility index (Phi) is 4.23. The highest BCUT2D eigenvalue weighted by Gasteiger charge is 2.60. The Morgan fingerprint density at radius 2 is 1.97 bits per heavy atom. The molecule has 0 saturated heterocycles. The Balaban J connectivity index is 1.28. The first-order valence-electron chi connectivity index (χ1n) is 11.6. The summed E-state index contributed by atoms with van der Waals surface area (Å²) in [6, 6.07) is 17.2. The van der Waals surface area contributed by atoms with Crippen LogP contribution in [0.2, 0.25) is 0 Å². The summed E-state index contributed by atoms with van der Waals surface area (Å²) in [5, 5.41) is 0. The van der Waals surface area contributed by atoms with Crippen molar-refractivity contribution < 1.29 is 9.47 Å². The van der Waals surface area contributed by atoms with Crippen molar-refractivity contribution in [2.45, 2.75) is 51.0 Å². The third-order valence-electron chi connectivity index (χ3n) is 8.73. The van der Waals surface area contributed by atoms with Crippen molar-refractivity contribution in [3.05, 3.63) is 65.2 Å². The molecule has 2 aromatic rings. The van der Waals surface area contributed by atoms with E-state index in [1.165, 1.54) is 37.7 Å². The molecule has 3 heteroatoms. The van der Waals surface area contributed by atoms with Crippen LogP contribution in [0.4, 0.5) is 0 Å². The van der Waals surface area contributed by atoms with Crippen LogP contribution in [-0.2, 0) is 11.2 Å². The van der Waals surface area contributed by atoms with Crippen LogP contribution in [-0.4, -0.2) is 25.7 Å². The van der Waals surface area contributed by atoms with Crippen LogP contribution in [0.15, 0.2) is 53.5 Å². The number of benzene rings is 2. The zero-order valence-electron chi connectivity index (χ0n) is 18.0. The number of rotatable bonds is 2. The number of hydrogen-bond acceptors (Lipinski definition) is 3. The van der Waals surface area contributed by atoms with Gasteiger partial charge in [0, 0.05) is 23.4 Å². The minimum absolute atomic E-state index is 0.270. The van der Waals surface area contributed by atoms with Gasteiger partial charge in [-0.2, -0.15) is 0 Å². The van der Waals surface area contributed by atoms with Crippen LogP contribution in [0, 0.1) is 23.2 Å². The maximum atomic E-state index is 6.68. The fraction of sp³-hybridized carbons (Fsp3) is 0.519. The van der Waals surface area contributed by atoms with Crippen molar-refractivity contribution in [1.82, 2.24) is 0 Å². The van der Waals surface area contributed by atoms with Gasteiger partial charge in [-0.05, 0) is 85.3 Å². The van der Waals surface area contributed by atoms with Gasteiger partial charge >= 0.3 is 0 Å². The number of hydrogen-bond donors (Lipinski definition) is 0. The molecule has 6 rings (SSSR count). The SMILES string of the molecule is COc1ccc2c(c1)CC[C@@H]1[C@@H]2CC[C@@]2(C)[C@H]1C[C@@H]1CN=C(c3ccccc3)O[C@@H]12. The average molecular weight is 402 g/mol. The smallest absolute Gasteiger partial charge is 0.216 e. The van der Waals surface area contributed by atoms with E-state index >= 15 is 0 Å². The first-order chi connectivity index (χ1) is 14.7. The Hall–Kier alpha value is -2.29. The number of aryl methyl sites for hydroxylation is 1. The van der Waals surface area contributed by atoms with E-state index in [4.69, 9.17) is 14.5 Å². The second-order valence-corrected chi connectivity index (χ2v) is 10.1. The van der Waals surface area contributed by atoms with E-state index < -0.39 is 0 Å². The van der Waals surface area contributed by atoms with Gasteiger partial charge in [0.15, 0.2) is 0 Å². The van der Waals surface area contributed by atoms with Crippen molar-refractivity contribution in [2.75, 3.05) is 13.7 Å². The van der Waals surface area contributed by atoms with Gasteiger partial charge < -0.3 is 9.47 Å². The average Bonchev–Trinajstić information content (AvgIpc) is 3.11. The molecule has 0 N–H and O–H groups in total. The molecule has 1 aliphatic heterocycles. The minimum Gasteiger partial charge on any atom is -0.497 e. The summed E-state index contributed by atoms with van der Waals surface area (Å²) >= 11 is 0. The monoisotopic (exact) mass is 401 g/mol. The summed E-state index contributed by atoms with van der Waals surface area (Å²) in [6.45, 7) is 3.45. The van der Waals surface area contributed by atoms with Gasteiger partial charge in [0.25, 0.3) is 0 Å². The highest BCUT2D eigenvalue weighted by atomic mass is 16.5. The summed E-state index contributed by atoms with van der Waals surface area (Å²) in [7, 11) is 1.77. The Morgan fingerprint density at radius 1 is 1.10 bits per heavy atom. The second-order valence-electron chi connectivity index (χ2n) is 10.1. The topological polar surface area (TPSA) is 30.8 Å². The quantitative estimate of drug-likeness (QED) is 0.654. The normalized spacial score (nSPS) is 36.5. The standard InChI is InChI=1S/C27H31NO2/c1-27-13-12-22-21-11-9-20(29-2)14-18(21)8-10-23(22)24(27)15-19-16-28-26(30-25(19)27)17-6-4-3-5-7-17/h3-7,9,11,14,19,22-25H,8,10,12-13,15-16H2,1-2H3/t19-,22-,23-,24+,25+,27+/m1/s1. The molecular weight excluding hydrogens is 370 g/mol. The van der Waals surface area contributed by atoms with E-state index in [0.29, 0.717) is 17.9 Å². The molecule has 0 bridgehead atoms. The van der Waals surface area contributed by atoms with Crippen molar-refractivity contribution in [1.29, 1.82) is 0 Å². The first-order valence-corrected chi connectivity index (χ1v) is 11.6. The minimum atomic E-state index is 0.270. The van der Waals surface area contributed by atoms with Crippen molar-refractivity contribution >= 4 is 5.90 Å². The molecule has 30 heavy (non-hydrogen) atoms. The zero-order valence-corrected chi connectivity index (χ0v) is 18.0. The molecule has 0 aromatic heterocycles. The highest BCUT2D eigenvalue weighted by molar-refractivity contribution is 5.94. The third-order valence-corrected chi connectivity index (χ3v) is 8.73. The van der Waals surface area contributed by atoms with Gasteiger partial charge in [-0.25, -0.2) is 0 Å². The Morgan fingerprint density at radius 3 is 2.80 bits per heavy atom. The van der Waals surface area contributed by atoms with Crippen molar-refractivity contribution in [2.24, 2.45) is 28.2 Å². The van der Waals surface area contributed by atoms with Gasteiger partial charge in [-0.1, -0.05) is 31.2 Å². The highest BCUT2D eigenvalue weighted by Crippen LogP contribution is 2.63. The van der Waals surface area contributed by atoms with E-state index in [2.05, 4.69) is 55.5 Å². The summed E-state index contributed by atoms with van der Waals surface area (Å²) in [5.41, 5.74) is 4.50. The lowest BCUT2D eigenvalue weighted by atomic mass is 9.55.